The number of rotatable bonds is 3. The van der Waals surface area contributed by atoms with Crippen LogP contribution in [0, 0.1) is 0 Å². The van der Waals surface area contributed by atoms with E-state index in [-0.39, 0.29) is 18.3 Å². The third-order valence-electron chi connectivity index (χ3n) is 4.06. The topological polar surface area (TPSA) is 31.4 Å². The van der Waals surface area contributed by atoms with Gasteiger partial charge in [-0.3, -0.25) is 0 Å². The highest BCUT2D eigenvalue weighted by Gasteiger charge is 2.52. The van der Waals surface area contributed by atoms with Crippen LogP contribution in [0.4, 0.5) is 0 Å². The first-order valence-corrected chi connectivity index (χ1v) is 7.39. The maximum absolute atomic E-state index is 6.03. The van der Waals surface area contributed by atoms with Crippen LogP contribution in [0.1, 0.15) is 58.9 Å². The van der Waals surface area contributed by atoms with E-state index in [0.717, 1.165) is 11.2 Å². The molecule has 1 aliphatic heterocycles. The Morgan fingerprint density at radius 1 is 1.28 bits per heavy atom. The molecule has 1 aromatic rings. The molecule has 2 heterocycles. The van der Waals surface area contributed by atoms with Gasteiger partial charge >= 0.3 is 7.12 Å². The summed E-state index contributed by atoms with van der Waals surface area (Å²) in [6.07, 6.45) is 3.00. The fourth-order valence-corrected chi connectivity index (χ4v) is 2.78. The molecule has 0 aliphatic carbocycles. The van der Waals surface area contributed by atoms with Crippen molar-refractivity contribution in [3.8, 4) is 0 Å². The highest BCUT2D eigenvalue weighted by Crippen LogP contribution is 2.37. The summed E-state index contributed by atoms with van der Waals surface area (Å²) in [6.45, 7) is 12.7. The summed E-state index contributed by atoms with van der Waals surface area (Å²) < 4.78 is 13.1. The Morgan fingerprint density at radius 2 is 1.83 bits per heavy atom. The van der Waals surface area contributed by atoms with Crippen molar-refractivity contribution >= 4 is 23.2 Å². The monoisotopic (exact) mass is 267 g/mol. The minimum Gasteiger partial charge on any atom is -0.399 e. The quantitative estimate of drug-likeness (QED) is 0.789. The second-order valence-corrected chi connectivity index (χ2v) is 7.09. The molecule has 0 bridgehead atoms. The zero-order valence-corrected chi connectivity index (χ0v) is 12.9. The summed E-state index contributed by atoms with van der Waals surface area (Å²) in [5, 5.41) is 1.17. The maximum Gasteiger partial charge on any atom is 0.507 e. The lowest BCUT2D eigenvalue weighted by Crippen LogP contribution is -2.41. The first kappa shape index (κ1) is 14.0. The molecular formula is C13H22BNO2S. The van der Waals surface area contributed by atoms with Crippen molar-refractivity contribution in [3.05, 3.63) is 11.2 Å². The van der Waals surface area contributed by atoms with Crippen LogP contribution >= 0.6 is 11.3 Å². The van der Waals surface area contributed by atoms with Gasteiger partial charge in [-0.2, -0.15) is 0 Å². The second-order valence-electron chi connectivity index (χ2n) is 6.00. The molecule has 3 nitrogen and oxygen atoms in total. The van der Waals surface area contributed by atoms with Gasteiger partial charge in [-0.25, -0.2) is 4.98 Å². The van der Waals surface area contributed by atoms with Gasteiger partial charge in [-0.15, -0.1) is 11.3 Å². The highest BCUT2D eigenvalue weighted by atomic mass is 32.1. The summed E-state index contributed by atoms with van der Waals surface area (Å²) >= 11 is 1.70. The molecule has 1 aromatic heterocycles. The van der Waals surface area contributed by atoms with E-state index >= 15 is 0 Å². The molecule has 0 N–H and O–H groups in total. The molecule has 100 valence electrons. The number of thiazole rings is 1. The molecule has 1 saturated heterocycles. The van der Waals surface area contributed by atoms with Crippen molar-refractivity contribution in [2.24, 2.45) is 0 Å². The number of nitrogens with zero attached hydrogens (tertiary/aromatic N) is 1. The molecule has 0 radical (unpaired) electrons. The van der Waals surface area contributed by atoms with Gasteiger partial charge in [0, 0.05) is 12.1 Å². The number of hydrogen-bond acceptors (Lipinski definition) is 4. The van der Waals surface area contributed by atoms with Crippen LogP contribution in [0.5, 0.6) is 0 Å². The normalized spacial score (nSPS) is 23.3. The van der Waals surface area contributed by atoms with Gasteiger partial charge in [-0.05, 0) is 34.1 Å². The third-order valence-corrected chi connectivity index (χ3v) is 5.31. The van der Waals surface area contributed by atoms with Crippen molar-refractivity contribution < 1.29 is 9.31 Å². The predicted molar refractivity (Wildman–Crippen MR) is 76.5 cm³/mol. The van der Waals surface area contributed by atoms with Crippen LogP contribution in [0.2, 0.25) is 0 Å². The molecule has 0 spiro atoms. The van der Waals surface area contributed by atoms with Crippen LogP contribution in [-0.4, -0.2) is 23.3 Å². The standard InChI is InChI=1S/C13H22BNO2S/c1-7-9(2)11-15-8-10(18-11)14-16-12(3,4)13(5,6)17-14/h8-9H,7H2,1-6H3. The Bertz CT molecular complexity index is 414. The van der Waals surface area contributed by atoms with Gasteiger partial charge < -0.3 is 9.31 Å². The Labute approximate surface area is 114 Å². The SMILES string of the molecule is CCC(C)c1ncc(B2OC(C)(C)C(C)(C)O2)s1. The van der Waals surface area contributed by atoms with Crippen molar-refractivity contribution in [1.82, 2.24) is 4.98 Å². The lowest BCUT2D eigenvalue weighted by molar-refractivity contribution is 0.00578. The molecule has 0 amide bonds. The fraction of sp³-hybridized carbons (Fsp3) is 0.769. The smallest absolute Gasteiger partial charge is 0.399 e. The van der Waals surface area contributed by atoms with E-state index < -0.39 is 0 Å². The second kappa shape index (κ2) is 4.62. The van der Waals surface area contributed by atoms with E-state index in [0.29, 0.717) is 5.92 Å². The van der Waals surface area contributed by atoms with E-state index in [2.05, 4.69) is 46.5 Å². The first-order chi connectivity index (χ1) is 8.27. The fourth-order valence-electron chi connectivity index (χ4n) is 1.77. The summed E-state index contributed by atoms with van der Waals surface area (Å²) in [6, 6.07) is 0. The molecule has 18 heavy (non-hydrogen) atoms. The zero-order valence-electron chi connectivity index (χ0n) is 12.1. The zero-order chi connectivity index (χ0) is 13.6. The Morgan fingerprint density at radius 3 is 2.33 bits per heavy atom. The van der Waals surface area contributed by atoms with Gasteiger partial charge in [0.15, 0.2) is 0 Å². The predicted octanol–water partition coefficient (Wildman–Crippen LogP) is 2.96. The van der Waals surface area contributed by atoms with E-state index in [9.17, 15) is 0 Å². The third kappa shape index (κ3) is 2.36. The first-order valence-electron chi connectivity index (χ1n) is 6.58. The summed E-state index contributed by atoms with van der Waals surface area (Å²) in [4.78, 5) is 4.49. The van der Waals surface area contributed by atoms with Gasteiger partial charge in [-0.1, -0.05) is 13.8 Å². The average molecular weight is 267 g/mol. The minimum atomic E-state index is -0.280. The molecule has 2 rings (SSSR count). The molecular weight excluding hydrogens is 245 g/mol. The summed E-state index contributed by atoms with van der Waals surface area (Å²) in [5.74, 6) is 0.506. The Balaban J connectivity index is 2.17. The van der Waals surface area contributed by atoms with Crippen LogP contribution in [0.25, 0.3) is 0 Å². The lowest BCUT2D eigenvalue weighted by atomic mass is 9.89. The van der Waals surface area contributed by atoms with Crippen molar-refractivity contribution in [2.45, 2.75) is 65.1 Å². The molecule has 1 atom stereocenters. The Hall–Kier alpha value is -0.385. The van der Waals surface area contributed by atoms with Gasteiger partial charge in [0.2, 0.25) is 0 Å². The highest BCUT2D eigenvalue weighted by molar-refractivity contribution is 7.22. The molecule has 1 unspecified atom stereocenters. The number of hydrogen-bond donors (Lipinski definition) is 0. The van der Waals surface area contributed by atoms with Crippen molar-refractivity contribution in [1.29, 1.82) is 0 Å². The van der Waals surface area contributed by atoms with Gasteiger partial charge in [0.1, 0.15) is 0 Å². The average Bonchev–Trinajstić information content (AvgIpc) is 2.82. The molecule has 1 aliphatic rings. The van der Waals surface area contributed by atoms with E-state index in [1.807, 2.05) is 6.20 Å². The van der Waals surface area contributed by atoms with Crippen molar-refractivity contribution in [3.63, 3.8) is 0 Å². The summed E-state index contributed by atoms with van der Waals surface area (Å²) in [5.41, 5.74) is -0.559. The van der Waals surface area contributed by atoms with Gasteiger partial charge in [0.25, 0.3) is 0 Å². The van der Waals surface area contributed by atoms with E-state index in [1.54, 1.807) is 11.3 Å². The lowest BCUT2D eigenvalue weighted by Gasteiger charge is -2.32. The molecule has 5 heteroatoms. The van der Waals surface area contributed by atoms with Crippen LogP contribution in [0.3, 0.4) is 0 Å². The number of aromatic nitrogens is 1. The summed E-state index contributed by atoms with van der Waals surface area (Å²) in [7, 11) is -0.273. The van der Waals surface area contributed by atoms with E-state index in [1.165, 1.54) is 5.01 Å². The largest absolute Gasteiger partial charge is 0.507 e. The minimum absolute atomic E-state index is 0.273. The van der Waals surface area contributed by atoms with Crippen LogP contribution in [0.15, 0.2) is 6.20 Å². The van der Waals surface area contributed by atoms with Crippen LogP contribution < -0.4 is 4.78 Å². The maximum atomic E-state index is 6.03. The van der Waals surface area contributed by atoms with Crippen molar-refractivity contribution in [2.75, 3.05) is 0 Å². The molecule has 0 saturated carbocycles. The molecule has 0 aromatic carbocycles. The van der Waals surface area contributed by atoms with Crippen LogP contribution in [-0.2, 0) is 9.31 Å². The van der Waals surface area contributed by atoms with E-state index in [4.69, 9.17) is 9.31 Å². The Kier molecular flexibility index (Phi) is 3.60. The molecule has 1 fully saturated rings. The van der Waals surface area contributed by atoms with Gasteiger partial charge in [0.05, 0.1) is 21.0 Å².